The van der Waals surface area contributed by atoms with Crippen molar-refractivity contribution in [2.45, 2.75) is 31.3 Å². The molecule has 0 radical (unpaired) electrons. The van der Waals surface area contributed by atoms with E-state index in [1.807, 2.05) is 12.1 Å². The maximum Gasteiger partial charge on any atom is 0.335 e. The van der Waals surface area contributed by atoms with E-state index in [1.54, 1.807) is 23.9 Å². The van der Waals surface area contributed by atoms with Gasteiger partial charge < -0.3 is 14.7 Å². The van der Waals surface area contributed by atoms with Gasteiger partial charge in [-0.25, -0.2) is 4.79 Å². The van der Waals surface area contributed by atoms with Gasteiger partial charge >= 0.3 is 5.97 Å². The smallest absolute Gasteiger partial charge is 0.335 e. The van der Waals surface area contributed by atoms with Crippen molar-refractivity contribution in [2.75, 3.05) is 31.2 Å². The average molecular weight is 376 g/mol. The quantitative estimate of drug-likeness (QED) is 0.744. The number of thioether (sulfide) groups is 1. The van der Waals surface area contributed by atoms with Gasteiger partial charge in [0, 0.05) is 25.4 Å². The van der Waals surface area contributed by atoms with Crippen molar-refractivity contribution in [2.24, 2.45) is 5.92 Å². The van der Waals surface area contributed by atoms with Gasteiger partial charge in [-0.05, 0) is 23.6 Å². The summed E-state index contributed by atoms with van der Waals surface area (Å²) >= 11 is 1.63. The second-order valence-corrected chi connectivity index (χ2v) is 7.62. The molecule has 140 valence electrons. The Labute approximate surface area is 157 Å². The lowest BCUT2D eigenvalue weighted by molar-refractivity contribution is 0.0697. The lowest BCUT2D eigenvalue weighted by atomic mass is 10.1. The van der Waals surface area contributed by atoms with Crippen LogP contribution >= 0.6 is 11.8 Å². The second kappa shape index (κ2) is 8.55. The minimum absolute atomic E-state index is 0.302. The number of nitrogens with zero attached hydrogens (tertiary/aromatic N) is 4. The number of ether oxygens (including phenoxy) is 1. The molecule has 0 saturated carbocycles. The number of hydrogen-bond acceptors (Lipinski definition) is 6. The summed E-state index contributed by atoms with van der Waals surface area (Å²) in [5.41, 5.74) is 1.36. The van der Waals surface area contributed by atoms with Gasteiger partial charge in [0.15, 0.2) is 5.16 Å². The molecule has 0 atom stereocenters. The van der Waals surface area contributed by atoms with Gasteiger partial charge in [-0.1, -0.05) is 37.7 Å². The summed E-state index contributed by atoms with van der Waals surface area (Å²) in [6, 6.07) is 6.97. The molecule has 0 aliphatic carbocycles. The standard InChI is InChI=1S/C18H24N4O3S/c1-13(2)11-22-17(21-7-9-25-10-8-21)19-20-18(22)26-12-14-3-5-15(6-4-14)16(23)24/h3-6,13H,7-12H2,1-2H3,(H,23,24). The van der Waals surface area contributed by atoms with Crippen LogP contribution in [0.1, 0.15) is 29.8 Å². The monoisotopic (exact) mass is 376 g/mol. The summed E-state index contributed by atoms with van der Waals surface area (Å²) in [5, 5.41) is 18.7. The summed E-state index contributed by atoms with van der Waals surface area (Å²) in [4.78, 5) is 13.2. The molecule has 2 heterocycles. The highest BCUT2D eigenvalue weighted by Crippen LogP contribution is 2.26. The maximum absolute atomic E-state index is 11.0. The summed E-state index contributed by atoms with van der Waals surface area (Å²) < 4.78 is 7.62. The Morgan fingerprint density at radius 2 is 1.92 bits per heavy atom. The largest absolute Gasteiger partial charge is 0.478 e. The van der Waals surface area contributed by atoms with Crippen molar-refractivity contribution >= 4 is 23.7 Å². The number of carboxylic acids is 1. The number of aromatic nitrogens is 3. The molecule has 0 amide bonds. The van der Waals surface area contributed by atoms with Crippen LogP contribution in [0.15, 0.2) is 29.4 Å². The molecule has 0 bridgehead atoms. The van der Waals surface area contributed by atoms with Gasteiger partial charge in [-0.15, -0.1) is 10.2 Å². The van der Waals surface area contributed by atoms with E-state index >= 15 is 0 Å². The number of hydrogen-bond donors (Lipinski definition) is 1. The van der Waals surface area contributed by atoms with Crippen LogP contribution in [-0.4, -0.2) is 52.1 Å². The van der Waals surface area contributed by atoms with E-state index in [9.17, 15) is 4.79 Å². The van der Waals surface area contributed by atoms with Crippen LogP contribution in [-0.2, 0) is 17.0 Å². The Morgan fingerprint density at radius 3 is 2.54 bits per heavy atom. The van der Waals surface area contributed by atoms with Crippen molar-refractivity contribution in [1.29, 1.82) is 0 Å². The molecule has 1 aliphatic heterocycles. The number of carboxylic acid groups (broad SMARTS) is 1. The number of benzene rings is 1. The Hall–Kier alpha value is -2.06. The lowest BCUT2D eigenvalue weighted by Gasteiger charge is -2.28. The van der Waals surface area contributed by atoms with Crippen molar-refractivity contribution in [1.82, 2.24) is 14.8 Å². The van der Waals surface area contributed by atoms with Crippen LogP contribution in [0, 0.1) is 5.92 Å². The van der Waals surface area contributed by atoms with E-state index in [-0.39, 0.29) is 0 Å². The van der Waals surface area contributed by atoms with Gasteiger partial charge in [-0.2, -0.15) is 0 Å². The van der Waals surface area contributed by atoms with Crippen LogP contribution in [0.2, 0.25) is 0 Å². The molecule has 2 aromatic rings. The van der Waals surface area contributed by atoms with E-state index in [0.29, 0.717) is 24.7 Å². The average Bonchev–Trinajstić information content (AvgIpc) is 3.03. The van der Waals surface area contributed by atoms with Crippen LogP contribution in [0.3, 0.4) is 0 Å². The zero-order chi connectivity index (χ0) is 18.5. The van der Waals surface area contributed by atoms with E-state index in [2.05, 4.69) is 33.5 Å². The Balaban J connectivity index is 1.73. The fourth-order valence-corrected chi connectivity index (χ4v) is 3.70. The highest BCUT2D eigenvalue weighted by atomic mass is 32.2. The zero-order valence-corrected chi connectivity index (χ0v) is 15.9. The molecule has 1 fully saturated rings. The summed E-state index contributed by atoms with van der Waals surface area (Å²) in [6.07, 6.45) is 0. The van der Waals surface area contributed by atoms with E-state index < -0.39 is 5.97 Å². The molecule has 8 heteroatoms. The van der Waals surface area contributed by atoms with Crippen LogP contribution in [0.5, 0.6) is 0 Å². The topological polar surface area (TPSA) is 80.5 Å². The first-order chi connectivity index (χ1) is 12.5. The predicted molar refractivity (Wildman–Crippen MR) is 101 cm³/mol. The molecule has 1 N–H and O–H groups in total. The molecule has 0 spiro atoms. The number of anilines is 1. The number of aromatic carboxylic acids is 1. The van der Waals surface area contributed by atoms with Gasteiger partial charge in [0.1, 0.15) is 0 Å². The highest BCUT2D eigenvalue weighted by molar-refractivity contribution is 7.98. The Morgan fingerprint density at radius 1 is 1.23 bits per heavy atom. The number of morpholine rings is 1. The Kier molecular flexibility index (Phi) is 6.16. The molecular weight excluding hydrogens is 352 g/mol. The second-order valence-electron chi connectivity index (χ2n) is 6.68. The maximum atomic E-state index is 11.0. The summed E-state index contributed by atoms with van der Waals surface area (Å²) in [5.74, 6) is 1.21. The first kappa shape index (κ1) is 18.7. The van der Waals surface area contributed by atoms with Crippen LogP contribution < -0.4 is 4.90 Å². The van der Waals surface area contributed by atoms with Crippen molar-refractivity contribution in [3.05, 3.63) is 35.4 Å². The molecule has 1 aromatic carbocycles. The molecular formula is C18H24N4O3S. The molecule has 3 rings (SSSR count). The molecule has 1 aliphatic rings. The van der Waals surface area contributed by atoms with Crippen molar-refractivity contribution in [3.8, 4) is 0 Å². The molecule has 26 heavy (non-hydrogen) atoms. The lowest BCUT2D eigenvalue weighted by Crippen LogP contribution is -2.38. The number of rotatable bonds is 7. The highest BCUT2D eigenvalue weighted by Gasteiger charge is 2.21. The Bertz CT molecular complexity index is 739. The number of carbonyl (C=O) groups is 1. The first-order valence-corrected chi connectivity index (χ1v) is 9.74. The third-order valence-corrected chi connectivity index (χ3v) is 5.15. The van der Waals surface area contributed by atoms with Crippen LogP contribution in [0.25, 0.3) is 0 Å². The van der Waals surface area contributed by atoms with E-state index in [0.717, 1.165) is 42.1 Å². The first-order valence-electron chi connectivity index (χ1n) is 8.75. The third-order valence-electron chi connectivity index (χ3n) is 4.11. The fraction of sp³-hybridized carbons (Fsp3) is 0.500. The van der Waals surface area contributed by atoms with Gasteiger partial charge in [0.2, 0.25) is 5.95 Å². The zero-order valence-electron chi connectivity index (χ0n) is 15.1. The van der Waals surface area contributed by atoms with Gasteiger partial charge in [0.25, 0.3) is 0 Å². The van der Waals surface area contributed by atoms with Crippen LogP contribution in [0.4, 0.5) is 5.95 Å². The molecule has 1 aromatic heterocycles. The predicted octanol–water partition coefficient (Wildman–Crippen LogP) is 2.76. The fourth-order valence-electron chi connectivity index (χ4n) is 2.80. The van der Waals surface area contributed by atoms with Crippen molar-refractivity contribution in [3.63, 3.8) is 0 Å². The molecule has 1 saturated heterocycles. The van der Waals surface area contributed by atoms with Gasteiger partial charge in [0.05, 0.1) is 18.8 Å². The summed E-state index contributed by atoms with van der Waals surface area (Å²) in [6.45, 7) is 8.32. The van der Waals surface area contributed by atoms with E-state index in [1.165, 1.54) is 0 Å². The minimum Gasteiger partial charge on any atom is -0.478 e. The summed E-state index contributed by atoms with van der Waals surface area (Å²) in [7, 11) is 0. The van der Waals surface area contributed by atoms with Gasteiger partial charge in [-0.3, -0.25) is 4.57 Å². The SMILES string of the molecule is CC(C)Cn1c(SCc2ccc(C(=O)O)cc2)nnc1N1CCOCC1. The normalized spacial score (nSPS) is 14.8. The third kappa shape index (κ3) is 4.56. The minimum atomic E-state index is -0.906. The molecule has 7 nitrogen and oxygen atoms in total. The van der Waals surface area contributed by atoms with Crippen molar-refractivity contribution < 1.29 is 14.6 Å². The van der Waals surface area contributed by atoms with E-state index in [4.69, 9.17) is 9.84 Å². The molecule has 0 unspecified atom stereocenters.